The van der Waals surface area contributed by atoms with E-state index in [4.69, 9.17) is 0 Å². The van der Waals surface area contributed by atoms with E-state index in [-0.39, 0.29) is 11.6 Å². The van der Waals surface area contributed by atoms with Gasteiger partial charge in [0.05, 0.1) is 16.9 Å². The number of anilines is 2. The largest absolute Gasteiger partial charge is 0.368 e. The molecule has 8 nitrogen and oxygen atoms in total. The van der Waals surface area contributed by atoms with E-state index >= 15 is 0 Å². The van der Waals surface area contributed by atoms with Crippen molar-refractivity contribution in [3.63, 3.8) is 0 Å². The maximum Gasteiger partial charge on any atom is 0.257 e. The number of nitrogens with zero attached hydrogens (tertiary/aromatic N) is 5. The summed E-state index contributed by atoms with van der Waals surface area (Å²) in [4.78, 5) is 19.8. The van der Waals surface area contributed by atoms with Gasteiger partial charge < -0.3 is 19.9 Å². The number of piperazine rings is 1. The number of fused-ring (bicyclic) bond motifs is 2. The molecule has 1 aliphatic heterocycles. The zero-order valence-corrected chi connectivity index (χ0v) is 19.3. The monoisotopic (exact) mass is 449 g/mol. The van der Waals surface area contributed by atoms with Crippen LogP contribution in [0.5, 0.6) is 0 Å². The molecule has 0 radical (unpaired) electrons. The summed E-state index contributed by atoms with van der Waals surface area (Å²) in [5, 5.41) is 12.0. The van der Waals surface area contributed by atoms with Gasteiger partial charge in [0.2, 0.25) is 0 Å². The highest BCUT2D eigenvalue weighted by Crippen LogP contribution is 2.31. The van der Waals surface area contributed by atoms with Crippen LogP contribution in [-0.2, 0) is 6.54 Å². The van der Waals surface area contributed by atoms with Crippen LogP contribution in [0.1, 0.15) is 36.8 Å². The van der Waals surface area contributed by atoms with Crippen LogP contribution in [0.4, 0.5) is 15.8 Å². The highest BCUT2D eigenvalue weighted by molar-refractivity contribution is 6.13. The number of carbonyl (C=O) groups is 1. The fourth-order valence-corrected chi connectivity index (χ4v) is 4.73. The zero-order chi connectivity index (χ0) is 23.3. The molecule has 0 unspecified atom stereocenters. The van der Waals surface area contributed by atoms with Crippen molar-refractivity contribution in [3.05, 3.63) is 53.9 Å². The van der Waals surface area contributed by atoms with Crippen molar-refractivity contribution in [3.8, 4) is 0 Å². The van der Waals surface area contributed by atoms with E-state index in [1.807, 2.05) is 29.9 Å². The van der Waals surface area contributed by atoms with Gasteiger partial charge in [-0.15, -0.1) is 0 Å². The second-order valence-electron chi connectivity index (χ2n) is 8.90. The summed E-state index contributed by atoms with van der Waals surface area (Å²) in [6.45, 7) is 10.6. The molecule has 0 spiro atoms. The van der Waals surface area contributed by atoms with Gasteiger partial charge >= 0.3 is 0 Å². The van der Waals surface area contributed by atoms with Gasteiger partial charge in [-0.2, -0.15) is 5.10 Å². The number of aryl methyl sites for hydroxylation is 2. The van der Waals surface area contributed by atoms with E-state index in [1.165, 1.54) is 6.07 Å². The third-order valence-electron chi connectivity index (χ3n) is 6.05. The smallest absolute Gasteiger partial charge is 0.257 e. The van der Waals surface area contributed by atoms with Gasteiger partial charge in [-0.3, -0.25) is 9.48 Å². The summed E-state index contributed by atoms with van der Waals surface area (Å²) in [7, 11) is 0. The molecule has 4 aromatic rings. The number of imidazole rings is 1. The molecule has 1 aliphatic rings. The van der Waals surface area contributed by atoms with Crippen LogP contribution in [0, 0.1) is 12.7 Å². The molecule has 172 valence electrons. The van der Waals surface area contributed by atoms with Crippen molar-refractivity contribution in [2.24, 2.45) is 0 Å². The summed E-state index contributed by atoms with van der Waals surface area (Å²) in [5.74, 6) is -0.816. The molecule has 9 heteroatoms. The maximum absolute atomic E-state index is 14.5. The molecular formula is C24H28FN7O. The number of halogens is 1. The summed E-state index contributed by atoms with van der Waals surface area (Å²) < 4.78 is 17.9. The lowest BCUT2D eigenvalue weighted by Gasteiger charge is -2.38. The second-order valence-corrected chi connectivity index (χ2v) is 8.90. The number of amides is 1. The van der Waals surface area contributed by atoms with Crippen molar-refractivity contribution >= 4 is 33.8 Å². The molecule has 2 N–H and O–H groups in total. The van der Waals surface area contributed by atoms with Crippen LogP contribution >= 0.6 is 0 Å². The second kappa shape index (κ2) is 8.15. The van der Waals surface area contributed by atoms with E-state index in [1.54, 1.807) is 23.7 Å². The summed E-state index contributed by atoms with van der Waals surface area (Å²) in [6, 6.07) is 5.83. The first kappa shape index (κ1) is 21.4. The SMILES string of the molecule is CCn1cc2c(N3C[C@@H](C)N[C@@H](C)C3)ccc(C(=O)Nc3cc(F)c4nc(C)cn4c3)c2n1. The molecule has 1 saturated heterocycles. The van der Waals surface area contributed by atoms with E-state index in [2.05, 4.69) is 39.5 Å². The summed E-state index contributed by atoms with van der Waals surface area (Å²) in [6.07, 6.45) is 5.38. The molecule has 33 heavy (non-hydrogen) atoms. The normalized spacial score (nSPS) is 18.9. The molecule has 4 heterocycles. The van der Waals surface area contributed by atoms with E-state index in [9.17, 15) is 9.18 Å². The average molecular weight is 450 g/mol. The maximum atomic E-state index is 14.5. The molecular weight excluding hydrogens is 421 g/mol. The van der Waals surface area contributed by atoms with Crippen molar-refractivity contribution < 1.29 is 9.18 Å². The number of benzene rings is 1. The standard InChI is InChI=1S/C24H28FN7O/c1-5-32-13-19-21(30-9-14(2)26-15(3)10-30)7-6-18(22(19)29-32)24(33)28-17-8-20(25)23-27-16(4)11-31(23)12-17/h6-8,11-15,26H,5,9-10H2,1-4H3,(H,28,33)/t14-,15+. The van der Waals surface area contributed by atoms with Gasteiger partial charge in [-0.25, -0.2) is 9.37 Å². The zero-order valence-electron chi connectivity index (χ0n) is 19.3. The molecule has 1 amide bonds. The van der Waals surface area contributed by atoms with Crippen LogP contribution in [0.3, 0.4) is 0 Å². The molecule has 1 aromatic carbocycles. The van der Waals surface area contributed by atoms with Gasteiger partial charge in [0, 0.05) is 67.4 Å². The van der Waals surface area contributed by atoms with Gasteiger partial charge in [-0.1, -0.05) is 0 Å². The van der Waals surface area contributed by atoms with Crippen LogP contribution in [-0.4, -0.2) is 50.2 Å². The molecule has 2 atom stereocenters. The minimum atomic E-state index is -0.487. The van der Waals surface area contributed by atoms with Crippen LogP contribution in [0.2, 0.25) is 0 Å². The van der Waals surface area contributed by atoms with E-state index < -0.39 is 5.82 Å². The third kappa shape index (κ3) is 3.93. The minimum absolute atomic E-state index is 0.235. The van der Waals surface area contributed by atoms with Gasteiger partial charge in [0.15, 0.2) is 11.5 Å². The van der Waals surface area contributed by atoms with Crippen molar-refractivity contribution in [1.82, 2.24) is 24.5 Å². The molecule has 5 rings (SSSR count). The Morgan fingerprint density at radius 1 is 1.21 bits per heavy atom. The number of nitrogens with one attached hydrogen (secondary N) is 2. The number of hydrogen-bond donors (Lipinski definition) is 2. The van der Waals surface area contributed by atoms with E-state index in [0.29, 0.717) is 41.1 Å². The number of rotatable bonds is 4. The minimum Gasteiger partial charge on any atom is -0.368 e. The quantitative estimate of drug-likeness (QED) is 0.498. The molecule has 0 aliphatic carbocycles. The Hall–Kier alpha value is -3.46. The van der Waals surface area contributed by atoms with Crippen molar-refractivity contribution in [2.45, 2.75) is 46.3 Å². The number of hydrogen-bond acceptors (Lipinski definition) is 5. The first-order valence-corrected chi connectivity index (χ1v) is 11.3. The number of carbonyl (C=O) groups excluding carboxylic acids is 1. The lowest BCUT2D eigenvalue weighted by atomic mass is 10.1. The van der Waals surface area contributed by atoms with Crippen LogP contribution < -0.4 is 15.5 Å². The summed E-state index contributed by atoms with van der Waals surface area (Å²) in [5.41, 5.74) is 3.47. The van der Waals surface area contributed by atoms with Gasteiger partial charge in [0.1, 0.15) is 5.52 Å². The molecule has 0 bridgehead atoms. The van der Waals surface area contributed by atoms with Gasteiger partial charge in [-0.05, 0) is 39.8 Å². The highest BCUT2D eigenvalue weighted by Gasteiger charge is 2.25. The predicted octanol–water partition coefficient (Wildman–Crippen LogP) is 3.59. The van der Waals surface area contributed by atoms with Crippen LogP contribution in [0.15, 0.2) is 36.8 Å². The van der Waals surface area contributed by atoms with Gasteiger partial charge in [0.25, 0.3) is 5.91 Å². The number of aromatic nitrogens is 4. The Kier molecular flexibility index (Phi) is 5.28. The lowest BCUT2D eigenvalue weighted by molar-refractivity contribution is 0.102. The predicted molar refractivity (Wildman–Crippen MR) is 128 cm³/mol. The van der Waals surface area contributed by atoms with Crippen molar-refractivity contribution in [1.29, 1.82) is 0 Å². The first-order valence-electron chi connectivity index (χ1n) is 11.3. The Morgan fingerprint density at radius 3 is 2.70 bits per heavy atom. The Balaban J connectivity index is 1.52. The molecule has 1 fully saturated rings. The fourth-order valence-electron chi connectivity index (χ4n) is 4.73. The van der Waals surface area contributed by atoms with Crippen LogP contribution in [0.25, 0.3) is 16.6 Å². The van der Waals surface area contributed by atoms with Crippen molar-refractivity contribution in [2.75, 3.05) is 23.3 Å². The highest BCUT2D eigenvalue weighted by atomic mass is 19.1. The Bertz CT molecular complexity index is 1350. The fraction of sp³-hybridized carbons (Fsp3) is 0.375. The average Bonchev–Trinajstić information content (AvgIpc) is 3.35. The third-order valence-corrected chi connectivity index (χ3v) is 6.05. The first-order chi connectivity index (χ1) is 15.8. The Labute approximate surface area is 191 Å². The molecule has 0 saturated carbocycles. The number of pyridine rings is 1. The summed E-state index contributed by atoms with van der Waals surface area (Å²) >= 11 is 0. The Morgan fingerprint density at radius 2 is 1.97 bits per heavy atom. The topological polar surface area (TPSA) is 79.5 Å². The van der Waals surface area contributed by atoms with E-state index in [0.717, 1.165) is 24.2 Å². The molecule has 3 aromatic heterocycles. The lowest BCUT2D eigenvalue weighted by Crippen LogP contribution is -2.54.